The van der Waals surface area contributed by atoms with Gasteiger partial charge in [0.1, 0.15) is 17.8 Å². The van der Waals surface area contributed by atoms with Crippen molar-refractivity contribution in [2.24, 2.45) is 5.73 Å². The molecule has 0 aliphatic rings. The second-order valence-electron chi connectivity index (χ2n) is 5.04. The molecule has 0 bridgehead atoms. The van der Waals surface area contributed by atoms with Crippen LogP contribution >= 0.6 is 0 Å². The Morgan fingerprint density at radius 3 is 2.78 bits per heavy atom. The number of carbonyl (C=O) groups is 1. The van der Waals surface area contributed by atoms with E-state index in [0.29, 0.717) is 18.9 Å². The Bertz CT molecular complexity index is 667. The first-order valence-electron chi connectivity index (χ1n) is 7.25. The number of nitrogens with zero attached hydrogens (tertiary/aromatic N) is 1. The number of rotatable bonds is 7. The molecule has 1 atom stereocenters. The molecular weight excluding hydrogens is 298 g/mol. The predicted octanol–water partition coefficient (Wildman–Crippen LogP) is 1.68. The zero-order valence-corrected chi connectivity index (χ0v) is 13.5. The summed E-state index contributed by atoms with van der Waals surface area (Å²) in [6.45, 7) is 2.17. The number of methoxy groups -OCH3 is 2. The van der Waals surface area contributed by atoms with Gasteiger partial charge in [-0.25, -0.2) is 4.98 Å². The molecule has 1 aromatic carbocycles. The van der Waals surface area contributed by atoms with E-state index in [0.717, 1.165) is 17.1 Å². The molecule has 7 nitrogen and oxygen atoms in total. The summed E-state index contributed by atoms with van der Waals surface area (Å²) in [5.41, 5.74) is 6.81. The first-order chi connectivity index (χ1) is 11.0. The van der Waals surface area contributed by atoms with Gasteiger partial charge in [-0.2, -0.15) is 0 Å². The molecule has 1 aromatic heterocycles. The summed E-state index contributed by atoms with van der Waals surface area (Å²) >= 11 is 0. The Morgan fingerprint density at radius 2 is 2.17 bits per heavy atom. The highest BCUT2D eigenvalue weighted by molar-refractivity contribution is 5.91. The van der Waals surface area contributed by atoms with Crippen LogP contribution in [0.1, 0.15) is 34.9 Å². The monoisotopic (exact) mass is 319 g/mol. The van der Waals surface area contributed by atoms with Crippen LogP contribution in [-0.4, -0.2) is 31.7 Å². The third kappa shape index (κ3) is 4.23. The lowest BCUT2D eigenvalue weighted by Gasteiger charge is -2.10. The second-order valence-corrected chi connectivity index (χ2v) is 5.04. The van der Waals surface area contributed by atoms with E-state index in [1.165, 1.54) is 6.26 Å². The van der Waals surface area contributed by atoms with Gasteiger partial charge in [0.2, 0.25) is 5.89 Å². The average Bonchev–Trinajstić information content (AvgIpc) is 3.05. The molecule has 0 saturated heterocycles. The number of amides is 1. The topological polar surface area (TPSA) is 99.6 Å². The summed E-state index contributed by atoms with van der Waals surface area (Å²) in [7, 11) is 3.21. The lowest BCUT2D eigenvalue weighted by molar-refractivity contribution is 0.0949. The minimum absolute atomic E-state index is 0.218. The summed E-state index contributed by atoms with van der Waals surface area (Å²) in [6, 6.07) is 5.20. The van der Waals surface area contributed by atoms with Crippen molar-refractivity contribution in [2.75, 3.05) is 20.8 Å². The average molecular weight is 319 g/mol. The van der Waals surface area contributed by atoms with E-state index < -0.39 is 0 Å². The van der Waals surface area contributed by atoms with Gasteiger partial charge in [-0.05, 0) is 37.1 Å². The lowest BCUT2D eigenvalue weighted by atomic mass is 10.1. The highest BCUT2D eigenvalue weighted by Crippen LogP contribution is 2.24. The van der Waals surface area contributed by atoms with E-state index in [1.54, 1.807) is 21.1 Å². The largest absolute Gasteiger partial charge is 0.497 e. The third-order valence-electron chi connectivity index (χ3n) is 3.31. The van der Waals surface area contributed by atoms with E-state index in [9.17, 15) is 4.79 Å². The van der Waals surface area contributed by atoms with Crippen molar-refractivity contribution in [3.63, 3.8) is 0 Å². The van der Waals surface area contributed by atoms with Crippen molar-refractivity contribution in [2.45, 2.75) is 19.4 Å². The van der Waals surface area contributed by atoms with E-state index in [-0.39, 0.29) is 17.6 Å². The molecule has 0 saturated carbocycles. The smallest absolute Gasteiger partial charge is 0.273 e. The van der Waals surface area contributed by atoms with E-state index in [4.69, 9.17) is 19.6 Å². The number of hydrogen-bond donors (Lipinski definition) is 2. The van der Waals surface area contributed by atoms with Crippen molar-refractivity contribution in [3.8, 4) is 11.5 Å². The number of hydrogen-bond acceptors (Lipinski definition) is 6. The Hall–Kier alpha value is -2.54. The third-order valence-corrected chi connectivity index (χ3v) is 3.31. The Morgan fingerprint density at radius 1 is 1.39 bits per heavy atom. The van der Waals surface area contributed by atoms with Crippen molar-refractivity contribution >= 4 is 5.91 Å². The molecule has 3 N–H and O–H groups in total. The zero-order chi connectivity index (χ0) is 16.8. The number of nitrogens with one attached hydrogen (secondary N) is 1. The van der Waals surface area contributed by atoms with Gasteiger partial charge in [-0.3, -0.25) is 4.79 Å². The number of aromatic nitrogens is 1. The summed E-state index contributed by atoms with van der Waals surface area (Å²) in [5.74, 6) is 1.53. The molecule has 0 spiro atoms. The minimum atomic E-state index is -0.349. The molecule has 0 aliphatic carbocycles. The molecule has 2 aromatic rings. The summed E-state index contributed by atoms with van der Waals surface area (Å²) in [4.78, 5) is 16.1. The van der Waals surface area contributed by atoms with Gasteiger partial charge < -0.3 is 24.9 Å². The standard InChI is InChI=1S/C16H21N3O4/c1-10(17)16-19-13(9-23-16)15(20)18-7-6-11-8-12(21-2)4-5-14(11)22-3/h4-5,8-10H,6-7,17H2,1-3H3,(H,18,20). The number of carbonyl (C=O) groups excluding carboxylic acids is 1. The molecule has 2 rings (SSSR count). The van der Waals surface area contributed by atoms with Gasteiger partial charge in [-0.15, -0.1) is 0 Å². The quantitative estimate of drug-likeness (QED) is 0.805. The lowest BCUT2D eigenvalue weighted by Crippen LogP contribution is -2.26. The molecule has 0 aliphatic heterocycles. The molecule has 0 radical (unpaired) electrons. The van der Waals surface area contributed by atoms with E-state index in [1.807, 2.05) is 18.2 Å². The van der Waals surface area contributed by atoms with Crippen LogP contribution in [0, 0.1) is 0 Å². The van der Waals surface area contributed by atoms with Crippen molar-refractivity contribution in [1.29, 1.82) is 0 Å². The summed E-state index contributed by atoms with van der Waals surface area (Å²) < 4.78 is 15.7. The number of nitrogens with two attached hydrogens (primary N) is 1. The van der Waals surface area contributed by atoms with Gasteiger partial charge in [0, 0.05) is 6.54 Å². The maximum atomic E-state index is 12.0. The van der Waals surface area contributed by atoms with Gasteiger partial charge in [-0.1, -0.05) is 0 Å². The van der Waals surface area contributed by atoms with Crippen LogP contribution in [0.4, 0.5) is 0 Å². The van der Waals surface area contributed by atoms with Gasteiger partial charge in [0.05, 0.1) is 20.3 Å². The number of ether oxygens (including phenoxy) is 2. The maximum absolute atomic E-state index is 12.0. The molecule has 23 heavy (non-hydrogen) atoms. The summed E-state index contributed by atoms with van der Waals surface area (Å²) in [5, 5.41) is 2.79. The molecule has 1 unspecified atom stereocenters. The fourth-order valence-electron chi connectivity index (χ4n) is 2.08. The van der Waals surface area contributed by atoms with Gasteiger partial charge in [0.15, 0.2) is 5.69 Å². The maximum Gasteiger partial charge on any atom is 0.273 e. The van der Waals surface area contributed by atoms with Gasteiger partial charge in [0.25, 0.3) is 5.91 Å². The van der Waals surface area contributed by atoms with Crippen LogP contribution in [0.15, 0.2) is 28.9 Å². The fourth-order valence-corrected chi connectivity index (χ4v) is 2.08. The highest BCUT2D eigenvalue weighted by atomic mass is 16.5. The Kier molecular flexibility index (Phi) is 5.59. The van der Waals surface area contributed by atoms with Crippen LogP contribution < -0.4 is 20.5 Å². The molecule has 0 fully saturated rings. The van der Waals surface area contributed by atoms with Crippen LogP contribution in [0.3, 0.4) is 0 Å². The van der Waals surface area contributed by atoms with Gasteiger partial charge >= 0.3 is 0 Å². The van der Waals surface area contributed by atoms with Crippen molar-refractivity contribution < 1.29 is 18.7 Å². The Labute approximate surface area is 134 Å². The van der Waals surface area contributed by atoms with E-state index in [2.05, 4.69) is 10.3 Å². The molecule has 1 amide bonds. The number of oxazole rings is 1. The predicted molar refractivity (Wildman–Crippen MR) is 84.7 cm³/mol. The van der Waals surface area contributed by atoms with Crippen molar-refractivity contribution in [3.05, 3.63) is 41.6 Å². The van der Waals surface area contributed by atoms with Crippen LogP contribution in [0.2, 0.25) is 0 Å². The SMILES string of the molecule is COc1ccc(OC)c(CCNC(=O)c2coc(C(C)N)n2)c1. The molecule has 7 heteroatoms. The van der Waals surface area contributed by atoms with Crippen LogP contribution in [-0.2, 0) is 6.42 Å². The van der Waals surface area contributed by atoms with E-state index >= 15 is 0 Å². The molecular formula is C16H21N3O4. The van der Waals surface area contributed by atoms with Crippen LogP contribution in [0.25, 0.3) is 0 Å². The first-order valence-corrected chi connectivity index (χ1v) is 7.25. The fraction of sp³-hybridized carbons (Fsp3) is 0.375. The van der Waals surface area contributed by atoms with Crippen LogP contribution in [0.5, 0.6) is 11.5 Å². The Balaban J connectivity index is 1.94. The second kappa shape index (κ2) is 7.64. The molecule has 1 heterocycles. The minimum Gasteiger partial charge on any atom is -0.497 e. The number of benzene rings is 1. The van der Waals surface area contributed by atoms with Crippen molar-refractivity contribution in [1.82, 2.24) is 10.3 Å². The zero-order valence-electron chi connectivity index (χ0n) is 13.5. The highest BCUT2D eigenvalue weighted by Gasteiger charge is 2.14. The molecule has 124 valence electrons. The summed E-state index contributed by atoms with van der Waals surface area (Å²) in [6.07, 6.45) is 1.91. The first kappa shape index (κ1) is 16.8. The normalized spacial score (nSPS) is 11.8.